The first kappa shape index (κ1) is 25.1. The molecule has 2 atom stereocenters. The predicted octanol–water partition coefficient (Wildman–Crippen LogP) is 3.27. The molecule has 0 aromatic carbocycles. The van der Waals surface area contributed by atoms with E-state index in [2.05, 4.69) is 25.2 Å². The molecule has 37 heavy (non-hydrogen) atoms. The van der Waals surface area contributed by atoms with E-state index in [1.165, 1.54) is 25.7 Å². The first-order valence-electron chi connectivity index (χ1n) is 13.2. The Balaban J connectivity index is 0.000000233. The minimum atomic E-state index is -0.00499. The van der Waals surface area contributed by atoms with Gasteiger partial charge in [0, 0.05) is 63.1 Å². The monoisotopic (exact) mass is 504 g/mol. The Hall–Kier alpha value is -3.53. The van der Waals surface area contributed by atoms with E-state index in [-0.39, 0.29) is 5.91 Å². The highest BCUT2D eigenvalue weighted by Crippen LogP contribution is 2.35. The molecule has 3 aromatic rings. The lowest BCUT2D eigenvalue weighted by atomic mass is 10.2. The third-order valence-corrected chi connectivity index (χ3v) is 7.60. The standard InChI is InChI=1S/C20H24N6O.C7H12N2O/c1-13-8-9-17(21-11-13)23-20-22-12-14-10-16(19(27)25(2)3)26(18(14)24-20)15-6-4-5-7-15;10-5-9-6-1-2-7(9)4-8-3-6/h8-12,15H,4-7H2,1-3H3,(H,21,22,23,24);5-8H,1-4H2. The molecule has 2 N–H and O–H groups in total. The van der Waals surface area contributed by atoms with Crippen LogP contribution in [-0.4, -0.2) is 80.9 Å². The molecule has 6 rings (SSSR count). The van der Waals surface area contributed by atoms with E-state index in [9.17, 15) is 9.59 Å². The smallest absolute Gasteiger partial charge is 0.270 e. The summed E-state index contributed by atoms with van der Waals surface area (Å²) in [7, 11) is 3.56. The van der Waals surface area contributed by atoms with Crippen LogP contribution in [0, 0.1) is 6.92 Å². The molecule has 3 fully saturated rings. The number of piperazine rings is 1. The first-order chi connectivity index (χ1) is 17.9. The van der Waals surface area contributed by atoms with E-state index in [4.69, 9.17) is 4.98 Å². The number of fused-ring (bicyclic) bond motifs is 3. The molecule has 2 aliphatic heterocycles. The van der Waals surface area contributed by atoms with Gasteiger partial charge in [-0.05, 0) is 50.3 Å². The highest BCUT2D eigenvalue weighted by atomic mass is 16.2. The second kappa shape index (κ2) is 10.8. The second-order valence-corrected chi connectivity index (χ2v) is 10.5. The molecule has 3 aromatic heterocycles. The van der Waals surface area contributed by atoms with Gasteiger partial charge in [-0.15, -0.1) is 0 Å². The van der Waals surface area contributed by atoms with Crippen LogP contribution < -0.4 is 10.6 Å². The lowest BCUT2D eigenvalue weighted by Crippen LogP contribution is -2.50. The molecule has 0 radical (unpaired) electrons. The summed E-state index contributed by atoms with van der Waals surface area (Å²) in [5.74, 6) is 1.18. The summed E-state index contributed by atoms with van der Waals surface area (Å²) >= 11 is 0. The molecule has 10 heteroatoms. The summed E-state index contributed by atoms with van der Waals surface area (Å²) in [4.78, 5) is 40.3. The van der Waals surface area contributed by atoms with Gasteiger partial charge in [0.25, 0.3) is 5.91 Å². The minimum absolute atomic E-state index is 0.00499. The summed E-state index contributed by atoms with van der Waals surface area (Å²) in [6.45, 7) is 3.99. The van der Waals surface area contributed by atoms with E-state index in [0.29, 0.717) is 35.6 Å². The van der Waals surface area contributed by atoms with E-state index < -0.39 is 0 Å². The van der Waals surface area contributed by atoms with Gasteiger partial charge in [-0.1, -0.05) is 18.9 Å². The maximum atomic E-state index is 12.7. The molecule has 2 amide bonds. The lowest BCUT2D eigenvalue weighted by molar-refractivity contribution is -0.121. The Bertz CT molecular complexity index is 1230. The summed E-state index contributed by atoms with van der Waals surface area (Å²) < 4.78 is 2.11. The zero-order valence-corrected chi connectivity index (χ0v) is 21.9. The molecule has 1 aliphatic carbocycles. The van der Waals surface area contributed by atoms with Crippen molar-refractivity contribution in [2.24, 2.45) is 0 Å². The molecular weight excluding hydrogens is 468 g/mol. The molecule has 1 saturated carbocycles. The molecule has 2 bridgehead atoms. The number of carbonyl (C=O) groups excluding carboxylic acids is 2. The second-order valence-electron chi connectivity index (χ2n) is 10.5. The number of nitrogens with zero attached hydrogens (tertiary/aromatic N) is 6. The predicted molar refractivity (Wildman–Crippen MR) is 143 cm³/mol. The van der Waals surface area contributed by atoms with Crippen LogP contribution in [-0.2, 0) is 4.79 Å². The van der Waals surface area contributed by atoms with Gasteiger partial charge in [-0.2, -0.15) is 4.98 Å². The van der Waals surface area contributed by atoms with Gasteiger partial charge in [0.1, 0.15) is 17.2 Å². The number of pyridine rings is 1. The fraction of sp³-hybridized carbons (Fsp3) is 0.519. The number of aryl methyl sites for hydroxylation is 1. The fourth-order valence-electron chi connectivity index (χ4n) is 5.64. The van der Waals surface area contributed by atoms with Crippen LogP contribution in [0.3, 0.4) is 0 Å². The number of hydrogen-bond acceptors (Lipinski definition) is 7. The van der Waals surface area contributed by atoms with Crippen LogP contribution in [0.1, 0.15) is 60.6 Å². The van der Waals surface area contributed by atoms with Crippen LogP contribution >= 0.6 is 0 Å². The molecule has 3 aliphatic rings. The van der Waals surface area contributed by atoms with Crippen molar-refractivity contribution < 1.29 is 9.59 Å². The summed E-state index contributed by atoms with van der Waals surface area (Å²) in [5, 5.41) is 7.35. The number of anilines is 2. The fourth-order valence-corrected chi connectivity index (χ4v) is 5.64. The largest absolute Gasteiger partial charge is 0.343 e. The molecule has 2 saturated heterocycles. The van der Waals surface area contributed by atoms with Crippen LogP contribution in [0.25, 0.3) is 11.0 Å². The van der Waals surface area contributed by atoms with Gasteiger partial charge in [0.2, 0.25) is 12.4 Å². The number of carbonyl (C=O) groups is 2. The van der Waals surface area contributed by atoms with Crippen LogP contribution in [0.5, 0.6) is 0 Å². The third kappa shape index (κ3) is 5.29. The minimum Gasteiger partial charge on any atom is -0.343 e. The summed E-state index contributed by atoms with van der Waals surface area (Å²) in [6.07, 6.45) is 11.5. The summed E-state index contributed by atoms with van der Waals surface area (Å²) in [5.41, 5.74) is 2.58. The van der Waals surface area contributed by atoms with E-state index in [0.717, 1.165) is 48.9 Å². The van der Waals surface area contributed by atoms with Crippen molar-refractivity contribution in [3.8, 4) is 0 Å². The van der Waals surface area contributed by atoms with Gasteiger partial charge >= 0.3 is 0 Å². The molecule has 2 unspecified atom stereocenters. The van der Waals surface area contributed by atoms with Crippen molar-refractivity contribution in [2.45, 2.75) is 63.6 Å². The van der Waals surface area contributed by atoms with Gasteiger partial charge < -0.3 is 25.0 Å². The molecular formula is C27H36N8O2. The zero-order valence-electron chi connectivity index (χ0n) is 21.9. The van der Waals surface area contributed by atoms with Crippen molar-refractivity contribution >= 4 is 35.1 Å². The first-order valence-corrected chi connectivity index (χ1v) is 13.2. The molecule has 5 heterocycles. The van der Waals surface area contributed by atoms with Crippen LogP contribution in [0.4, 0.5) is 11.8 Å². The third-order valence-electron chi connectivity index (χ3n) is 7.60. The van der Waals surface area contributed by atoms with Gasteiger partial charge in [0.15, 0.2) is 0 Å². The molecule has 0 spiro atoms. The van der Waals surface area contributed by atoms with Crippen molar-refractivity contribution in [1.29, 1.82) is 0 Å². The van der Waals surface area contributed by atoms with Gasteiger partial charge in [-0.25, -0.2) is 9.97 Å². The van der Waals surface area contributed by atoms with Gasteiger partial charge in [-0.3, -0.25) is 9.59 Å². The Kier molecular flexibility index (Phi) is 7.36. The topological polar surface area (TPSA) is 108 Å². The number of aromatic nitrogens is 4. The van der Waals surface area contributed by atoms with Crippen molar-refractivity contribution in [1.82, 2.24) is 34.6 Å². The number of nitrogens with one attached hydrogen (secondary N) is 2. The number of hydrogen-bond donors (Lipinski definition) is 2. The number of amides is 2. The Labute approximate surface area is 217 Å². The summed E-state index contributed by atoms with van der Waals surface area (Å²) in [6, 6.07) is 7.10. The van der Waals surface area contributed by atoms with Crippen molar-refractivity contribution in [3.05, 3.63) is 41.9 Å². The van der Waals surface area contributed by atoms with Crippen molar-refractivity contribution in [3.63, 3.8) is 0 Å². The zero-order chi connectivity index (χ0) is 25.9. The lowest BCUT2D eigenvalue weighted by Gasteiger charge is -2.31. The highest BCUT2D eigenvalue weighted by molar-refractivity contribution is 5.97. The Morgan fingerprint density at radius 2 is 1.78 bits per heavy atom. The average molecular weight is 505 g/mol. The maximum absolute atomic E-state index is 12.7. The molecule has 10 nitrogen and oxygen atoms in total. The quantitative estimate of drug-likeness (QED) is 0.514. The Morgan fingerprint density at radius 3 is 2.38 bits per heavy atom. The highest BCUT2D eigenvalue weighted by Gasteiger charge is 2.35. The Morgan fingerprint density at radius 1 is 1.05 bits per heavy atom. The van der Waals surface area contributed by atoms with E-state index >= 15 is 0 Å². The molecule has 196 valence electrons. The average Bonchev–Trinajstić information content (AvgIpc) is 3.61. The van der Waals surface area contributed by atoms with Crippen LogP contribution in [0.2, 0.25) is 0 Å². The van der Waals surface area contributed by atoms with E-state index in [1.807, 2.05) is 30.0 Å². The van der Waals surface area contributed by atoms with Gasteiger partial charge in [0.05, 0.1) is 0 Å². The SMILES string of the molecule is Cc1ccc(Nc2ncc3cc(C(=O)N(C)C)n(C4CCCC4)c3n2)nc1.O=CN1C2CCC1CNC2. The van der Waals surface area contributed by atoms with Crippen molar-refractivity contribution in [2.75, 3.05) is 32.5 Å². The number of rotatable bonds is 5. The normalized spacial score (nSPS) is 21.0. The van der Waals surface area contributed by atoms with E-state index in [1.54, 1.807) is 31.4 Å². The maximum Gasteiger partial charge on any atom is 0.270 e. The van der Waals surface area contributed by atoms with Crippen LogP contribution in [0.15, 0.2) is 30.6 Å².